The van der Waals surface area contributed by atoms with Crippen LogP contribution in [0.5, 0.6) is 0 Å². The van der Waals surface area contributed by atoms with E-state index in [1.807, 2.05) is 91.0 Å². The lowest BCUT2D eigenvalue weighted by Gasteiger charge is -2.42. The largest absolute Gasteiger partial charge is 0.275 e. The predicted molar refractivity (Wildman–Crippen MR) is 110 cm³/mol. The Labute approximate surface area is 172 Å². The van der Waals surface area contributed by atoms with Crippen molar-refractivity contribution < 1.29 is 9.59 Å². The molecule has 0 aliphatic carbocycles. The molecular formula is C23H15Cl2NO2. The molecule has 4 rings (SSSR count). The zero-order valence-electron chi connectivity index (χ0n) is 14.7. The lowest BCUT2D eigenvalue weighted by atomic mass is 9.75. The second-order valence-corrected chi connectivity index (χ2v) is 7.14. The van der Waals surface area contributed by atoms with Crippen LogP contribution in [0.25, 0.3) is 0 Å². The van der Waals surface area contributed by atoms with Crippen LogP contribution in [-0.4, -0.2) is 16.7 Å². The van der Waals surface area contributed by atoms with E-state index in [1.165, 1.54) is 0 Å². The number of carbonyl (C=O) groups excluding carboxylic acids is 2. The average molecular weight is 408 g/mol. The lowest BCUT2D eigenvalue weighted by molar-refractivity contribution is -0.141. The van der Waals surface area contributed by atoms with Gasteiger partial charge in [0.05, 0.1) is 0 Å². The van der Waals surface area contributed by atoms with Crippen LogP contribution in [0.3, 0.4) is 0 Å². The second-order valence-electron chi connectivity index (χ2n) is 6.38. The van der Waals surface area contributed by atoms with Gasteiger partial charge in [-0.25, -0.2) is 0 Å². The van der Waals surface area contributed by atoms with E-state index in [0.717, 1.165) is 21.6 Å². The highest BCUT2D eigenvalue weighted by Gasteiger charge is 2.52. The van der Waals surface area contributed by atoms with Crippen LogP contribution >= 0.6 is 23.2 Å². The van der Waals surface area contributed by atoms with Gasteiger partial charge in [-0.15, -0.1) is 0 Å². The maximum atomic E-state index is 13.1. The van der Waals surface area contributed by atoms with E-state index in [-0.39, 0.29) is 10.1 Å². The maximum Gasteiger partial charge on any atom is 0.275 e. The standard InChI is InChI=1S/C23H15Cl2NO2/c24-19-20(25)22(28)26(21(19)27)23(16-10-4-1-5-11-16,17-12-6-2-7-13-17)18-14-8-3-9-15-18/h1-15H. The third-order valence-electron chi connectivity index (χ3n) is 4.88. The fourth-order valence-electron chi connectivity index (χ4n) is 3.71. The molecule has 138 valence electrons. The quantitative estimate of drug-likeness (QED) is 0.448. The first-order valence-electron chi connectivity index (χ1n) is 8.69. The smallest absolute Gasteiger partial charge is 0.267 e. The van der Waals surface area contributed by atoms with E-state index < -0.39 is 17.4 Å². The van der Waals surface area contributed by atoms with Crippen molar-refractivity contribution in [1.29, 1.82) is 0 Å². The minimum Gasteiger partial charge on any atom is -0.267 e. The van der Waals surface area contributed by atoms with Crippen molar-refractivity contribution in [3.63, 3.8) is 0 Å². The van der Waals surface area contributed by atoms with Gasteiger partial charge in [0.15, 0.2) is 0 Å². The van der Waals surface area contributed by atoms with E-state index in [2.05, 4.69) is 0 Å². The first-order valence-corrected chi connectivity index (χ1v) is 9.45. The van der Waals surface area contributed by atoms with Crippen LogP contribution in [0.4, 0.5) is 0 Å². The number of benzene rings is 3. The topological polar surface area (TPSA) is 37.4 Å². The number of amides is 2. The van der Waals surface area contributed by atoms with Crippen molar-refractivity contribution in [2.45, 2.75) is 5.54 Å². The summed E-state index contributed by atoms with van der Waals surface area (Å²) in [7, 11) is 0. The van der Waals surface area contributed by atoms with Gasteiger partial charge in [-0.3, -0.25) is 14.5 Å². The Hall–Kier alpha value is -2.88. The van der Waals surface area contributed by atoms with E-state index in [9.17, 15) is 9.59 Å². The van der Waals surface area contributed by atoms with Gasteiger partial charge in [0.2, 0.25) is 0 Å². The fourth-order valence-corrected chi connectivity index (χ4v) is 4.04. The summed E-state index contributed by atoms with van der Waals surface area (Å²) < 4.78 is 0. The van der Waals surface area contributed by atoms with Crippen LogP contribution in [0.15, 0.2) is 101 Å². The zero-order chi connectivity index (χ0) is 19.7. The SMILES string of the molecule is O=C1C(Cl)=C(Cl)C(=O)N1C(c1ccccc1)(c1ccccc1)c1ccccc1. The molecule has 0 aromatic heterocycles. The van der Waals surface area contributed by atoms with E-state index in [4.69, 9.17) is 23.2 Å². The van der Waals surface area contributed by atoms with Gasteiger partial charge in [-0.05, 0) is 16.7 Å². The molecule has 1 aliphatic heterocycles. The first-order chi connectivity index (χ1) is 13.6. The van der Waals surface area contributed by atoms with Gasteiger partial charge >= 0.3 is 0 Å². The lowest BCUT2D eigenvalue weighted by Crippen LogP contribution is -2.51. The molecule has 3 nitrogen and oxygen atoms in total. The molecule has 0 N–H and O–H groups in total. The van der Waals surface area contributed by atoms with Crippen LogP contribution < -0.4 is 0 Å². The molecule has 0 bridgehead atoms. The number of hydrogen-bond acceptors (Lipinski definition) is 2. The third kappa shape index (κ3) is 2.67. The minimum atomic E-state index is -1.21. The first kappa shape index (κ1) is 18.5. The van der Waals surface area contributed by atoms with Crippen LogP contribution in [0, 0.1) is 0 Å². The Balaban J connectivity index is 2.12. The number of halogens is 2. The average Bonchev–Trinajstić information content (AvgIpc) is 2.95. The van der Waals surface area contributed by atoms with Gasteiger partial charge in [0.25, 0.3) is 11.8 Å². The van der Waals surface area contributed by atoms with Crippen molar-refractivity contribution in [2.75, 3.05) is 0 Å². The summed E-state index contributed by atoms with van der Waals surface area (Å²) in [6.07, 6.45) is 0. The molecule has 0 atom stereocenters. The Bertz CT molecular complexity index is 943. The van der Waals surface area contributed by atoms with Crippen molar-refractivity contribution in [3.05, 3.63) is 118 Å². The maximum absolute atomic E-state index is 13.1. The third-order valence-corrected chi connectivity index (χ3v) is 5.68. The Kier molecular flexibility index (Phi) is 4.80. The molecule has 28 heavy (non-hydrogen) atoms. The van der Waals surface area contributed by atoms with Gasteiger partial charge < -0.3 is 0 Å². The molecular weight excluding hydrogens is 393 g/mol. The molecule has 1 heterocycles. The number of rotatable bonds is 4. The molecule has 3 aromatic rings. The summed E-state index contributed by atoms with van der Waals surface area (Å²) in [5.74, 6) is -1.23. The van der Waals surface area contributed by atoms with Gasteiger partial charge in [0.1, 0.15) is 15.6 Å². The Morgan fingerprint density at radius 1 is 0.536 bits per heavy atom. The monoisotopic (exact) mass is 407 g/mol. The number of carbonyl (C=O) groups is 2. The molecule has 0 radical (unpaired) electrons. The second kappa shape index (κ2) is 7.27. The summed E-state index contributed by atoms with van der Waals surface area (Å²) in [5.41, 5.74) is 1.05. The van der Waals surface area contributed by atoms with Crippen LogP contribution in [-0.2, 0) is 15.1 Å². The Morgan fingerprint density at radius 3 is 1.11 bits per heavy atom. The van der Waals surface area contributed by atoms with Crippen molar-refractivity contribution in [3.8, 4) is 0 Å². The van der Waals surface area contributed by atoms with Crippen molar-refractivity contribution in [2.24, 2.45) is 0 Å². The van der Waals surface area contributed by atoms with E-state index >= 15 is 0 Å². The van der Waals surface area contributed by atoms with Crippen LogP contribution in [0.2, 0.25) is 0 Å². The predicted octanol–water partition coefficient (Wildman–Crippen LogP) is 5.04. The highest BCUT2D eigenvalue weighted by Crippen LogP contribution is 2.46. The summed E-state index contributed by atoms with van der Waals surface area (Å²) in [6.45, 7) is 0. The van der Waals surface area contributed by atoms with Crippen molar-refractivity contribution >= 4 is 35.0 Å². The highest BCUT2D eigenvalue weighted by atomic mass is 35.5. The number of hydrogen-bond donors (Lipinski definition) is 0. The molecule has 0 saturated heterocycles. The van der Waals surface area contributed by atoms with E-state index in [0.29, 0.717) is 0 Å². The van der Waals surface area contributed by atoms with Gasteiger partial charge in [0, 0.05) is 0 Å². The fraction of sp³-hybridized carbons (Fsp3) is 0.0435. The highest BCUT2D eigenvalue weighted by molar-refractivity contribution is 6.58. The molecule has 5 heteroatoms. The molecule has 2 amide bonds. The molecule has 0 fully saturated rings. The molecule has 0 saturated carbocycles. The summed E-state index contributed by atoms with van der Waals surface area (Å²) in [4.78, 5) is 27.4. The van der Waals surface area contributed by atoms with E-state index in [1.54, 1.807) is 0 Å². The van der Waals surface area contributed by atoms with Gasteiger partial charge in [-0.2, -0.15) is 0 Å². The molecule has 0 spiro atoms. The Morgan fingerprint density at radius 2 is 0.821 bits per heavy atom. The normalized spacial score (nSPS) is 14.7. The molecule has 3 aromatic carbocycles. The van der Waals surface area contributed by atoms with Crippen molar-refractivity contribution in [1.82, 2.24) is 4.90 Å². The van der Waals surface area contributed by atoms with Gasteiger partial charge in [-0.1, -0.05) is 114 Å². The molecule has 1 aliphatic rings. The summed E-state index contributed by atoms with van der Waals surface area (Å²) in [5, 5.41) is -0.530. The molecule has 0 unspecified atom stereocenters. The van der Waals surface area contributed by atoms with Crippen LogP contribution in [0.1, 0.15) is 16.7 Å². The summed E-state index contributed by atoms with van der Waals surface area (Å²) in [6, 6.07) is 28.2. The number of imide groups is 1. The minimum absolute atomic E-state index is 0.265. The number of nitrogens with zero attached hydrogens (tertiary/aromatic N) is 1. The summed E-state index contributed by atoms with van der Waals surface area (Å²) >= 11 is 12.2. The zero-order valence-corrected chi connectivity index (χ0v) is 16.2.